The lowest BCUT2D eigenvalue weighted by molar-refractivity contribution is -0.124. The van der Waals surface area contributed by atoms with E-state index in [0.29, 0.717) is 12.6 Å². The molecule has 2 saturated heterocycles. The van der Waals surface area contributed by atoms with Crippen LogP contribution in [-0.2, 0) is 4.79 Å². The van der Waals surface area contributed by atoms with Crippen molar-refractivity contribution in [3.63, 3.8) is 0 Å². The molecule has 2 aliphatic rings. The number of amides is 1. The molecular formula is C15H31ClN4O. The first-order valence-corrected chi connectivity index (χ1v) is 7.98. The number of piperazine rings is 1. The summed E-state index contributed by atoms with van der Waals surface area (Å²) >= 11 is 0. The van der Waals surface area contributed by atoms with Gasteiger partial charge >= 0.3 is 0 Å². The largest absolute Gasteiger partial charge is 0.350 e. The Morgan fingerprint density at radius 3 is 2.48 bits per heavy atom. The second kappa shape index (κ2) is 8.32. The molecule has 2 rings (SSSR count). The first kappa shape index (κ1) is 18.7. The standard InChI is InChI=1S/C15H30N4O.ClH/c1-4-15(2,3)17-14(20)12-18-7-9-19(10-8-18)13-5-6-16-11-13;/h13,16H,4-12H2,1-3H3,(H,17,20);1H. The minimum Gasteiger partial charge on any atom is -0.350 e. The number of rotatable bonds is 5. The number of halogens is 1. The number of hydrogen-bond donors (Lipinski definition) is 2. The van der Waals surface area contributed by atoms with E-state index in [1.165, 1.54) is 6.42 Å². The van der Waals surface area contributed by atoms with Gasteiger partial charge in [0.2, 0.25) is 5.91 Å². The minimum absolute atomic E-state index is 0. The van der Waals surface area contributed by atoms with E-state index in [4.69, 9.17) is 0 Å². The lowest BCUT2D eigenvalue weighted by Crippen LogP contribution is -2.54. The summed E-state index contributed by atoms with van der Waals surface area (Å²) in [4.78, 5) is 16.9. The van der Waals surface area contributed by atoms with E-state index in [1.807, 2.05) is 0 Å². The van der Waals surface area contributed by atoms with Crippen molar-refractivity contribution in [2.24, 2.45) is 0 Å². The van der Waals surface area contributed by atoms with E-state index in [9.17, 15) is 4.79 Å². The van der Waals surface area contributed by atoms with Crippen LogP contribution in [0.4, 0.5) is 0 Å². The van der Waals surface area contributed by atoms with E-state index in [1.54, 1.807) is 0 Å². The summed E-state index contributed by atoms with van der Waals surface area (Å²) in [5.41, 5.74) is -0.0889. The third-order valence-electron chi connectivity index (χ3n) is 4.69. The van der Waals surface area contributed by atoms with Gasteiger partial charge in [0, 0.05) is 44.3 Å². The average molecular weight is 319 g/mol. The van der Waals surface area contributed by atoms with Crippen molar-refractivity contribution in [1.82, 2.24) is 20.4 Å². The number of nitrogens with one attached hydrogen (secondary N) is 2. The predicted molar refractivity (Wildman–Crippen MR) is 89.0 cm³/mol. The Bertz CT molecular complexity index is 324. The highest BCUT2D eigenvalue weighted by Crippen LogP contribution is 2.12. The maximum atomic E-state index is 12.0. The Kier molecular flexibility index (Phi) is 7.40. The van der Waals surface area contributed by atoms with Crippen LogP contribution in [0.25, 0.3) is 0 Å². The Morgan fingerprint density at radius 1 is 1.29 bits per heavy atom. The van der Waals surface area contributed by atoms with Crippen molar-refractivity contribution in [1.29, 1.82) is 0 Å². The van der Waals surface area contributed by atoms with E-state index >= 15 is 0 Å². The number of nitrogens with zero attached hydrogens (tertiary/aromatic N) is 2. The zero-order valence-corrected chi connectivity index (χ0v) is 14.5. The second-order valence-electron chi connectivity index (χ2n) is 6.74. The van der Waals surface area contributed by atoms with Gasteiger partial charge in [0.05, 0.1) is 6.54 Å². The normalized spacial score (nSPS) is 24.6. The van der Waals surface area contributed by atoms with Gasteiger partial charge in [0.25, 0.3) is 0 Å². The van der Waals surface area contributed by atoms with Crippen LogP contribution in [0.5, 0.6) is 0 Å². The van der Waals surface area contributed by atoms with Crippen molar-refractivity contribution in [2.75, 3.05) is 45.8 Å². The zero-order valence-electron chi connectivity index (χ0n) is 13.7. The summed E-state index contributed by atoms with van der Waals surface area (Å²) < 4.78 is 0. The molecule has 0 bridgehead atoms. The highest BCUT2D eigenvalue weighted by molar-refractivity contribution is 5.85. The summed E-state index contributed by atoms with van der Waals surface area (Å²) in [6, 6.07) is 0.713. The minimum atomic E-state index is -0.0889. The van der Waals surface area contributed by atoms with Gasteiger partial charge in [-0.25, -0.2) is 0 Å². The molecule has 0 saturated carbocycles. The highest BCUT2D eigenvalue weighted by Gasteiger charge is 2.27. The van der Waals surface area contributed by atoms with E-state index in [2.05, 4.69) is 41.2 Å². The van der Waals surface area contributed by atoms with Gasteiger partial charge in [-0.15, -0.1) is 12.4 Å². The smallest absolute Gasteiger partial charge is 0.234 e. The molecule has 2 heterocycles. The van der Waals surface area contributed by atoms with Crippen LogP contribution < -0.4 is 10.6 Å². The SMILES string of the molecule is CCC(C)(C)NC(=O)CN1CCN(C2CCNC2)CC1.Cl. The fourth-order valence-corrected chi connectivity index (χ4v) is 2.95. The van der Waals surface area contributed by atoms with Crippen LogP contribution in [0.15, 0.2) is 0 Å². The Labute approximate surface area is 135 Å². The monoisotopic (exact) mass is 318 g/mol. The summed E-state index contributed by atoms with van der Waals surface area (Å²) in [6.45, 7) is 13.3. The van der Waals surface area contributed by atoms with Gasteiger partial charge in [-0.05, 0) is 33.2 Å². The molecular weight excluding hydrogens is 288 g/mol. The molecule has 5 nitrogen and oxygen atoms in total. The molecule has 0 aromatic heterocycles. The quantitative estimate of drug-likeness (QED) is 0.783. The molecule has 0 radical (unpaired) electrons. The highest BCUT2D eigenvalue weighted by atomic mass is 35.5. The third kappa shape index (κ3) is 5.74. The first-order chi connectivity index (χ1) is 9.50. The molecule has 0 spiro atoms. The maximum absolute atomic E-state index is 12.0. The Hall–Kier alpha value is -0.360. The van der Waals surface area contributed by atoms with Gasteiger partial charge in [0.1, 0.15) is 0 Å². The molecule has 21 heavy (non-hydrogen) atoms. The van der Waals surface area contributed by atoms with Crippen LogP contribution in [0.2, 0.25) is 0 Å². The van der Waals surface area contributed by atoms with Crippen LogP contribution in [0.1, 0.15) is 33.6 Å². The van der Waals surface area contributed by atoms with Gasteiger partial charge in [-0.2, -0.15) is 0 Å². The van der Waals surface area contributed by atoms with Gasteiger partial charge in [-0.1, -0.05) is 6.92 Å². The molecule has 2 aliphatic heterocycles. The number of carbonyl (C=O) groups excluding carboxylic acids is 1. The third-order valence-corrected chi connectivity index (χ3v) is 4.69. The predicted octanol–water partition coefficient (Wildman–Crippen LogP) is 0.693. The summed E-state index contributed by atoms with van der Waals surface area (Å²) in [7, 11) is 0. The Balaban J connectivity index is 0.00000220. The maximum Gasteiger partial charge on any atom is 0.234 e. The number of carbonyl (C=O) groups is 1. The molecule has 6 heteroatoms. The number of hydrogen-bond acceptors (Lipinski definition) is 4. The summed E-state index contributed by atoms with van der Waals surface area (Å²) in [5, 5.41) is 6.54. The van der Waals surface area contributed by atoms with E-state index in [-0.39, 0.29) is 23.9 Å². The molecule has 1 unspecified atom stereocenters. The Morgan fingerprint density at radius 2 is 1.95 bits per heavy atom. The summed E-state index contributed by atoms with van der Waals surface area (Å²) in [5.74, 6) is 0.160. The topological polar surface area (TPSA) is 47.6 Å². The second-order valence-corrected chi connectivity index (χ2v) is 6.74. The molecule has 0 aromatic rings. The van der Waals surface area contributed by atoms with Gasteiger partial charge in [0.15, 0.2) is 0 Å². The fourth-order valence-electron chi connectivity index (χ4n) is 2.95. The molecule has 0 aliphatic carbocycles. The summed E-state index contributed by atoms with van der Waals surface area (Å²) in [6.07, 6.45) is 2.23. The van der Waals surface area contributed by atoms with Crippen molar-refractivity contribution < 1.29 is 4.79 Å². The van der Waals surface area contributed by atoms with Crippen molar-refractivity contribution in [3.8, 4) is 0 Å². The molecule has 1 amide bonds. The van der Waals surface area contributed by atoms with Crippen LogP contribution in [0, 0.1) is 0 Å². The van der Waals surface area contributed by atoms with Crippen LogP contribution in [0.3, 0.4) is 0 Å². The van der Waals surface area contributed by atoms with Gasteiger partial charge in [-0.3, -0.25) is 14.6 Å². The van der Waals surface area contributed by atoms with Crippen LogP contribution >= 0.6 is 12.4 Å². The van der Waals surface area contributed by atoms with Crippen molar-refractivity contribution in [2.45, 2.75) is 45.2 Å². The zero-order chi connectivity index (χ0) is 14.6. The van der Waals surface area contributed by atoms with Gasteiger partial charge < -0.3 is 10.6 Å². The molecule has 2 fully saturated rings. The molecule has 0 aromatic carbocycles. The van der Waals surface area contributed by atoms with E-state index < -0.39 is 0 Å². The van der Waals surface area contributed by atoms with Crippen molar-refractivity contribution in [3.05, 3.63) is 0 Å². The van der Waals surface area contributed by atoms with Crippen LogP contribution in [-0.4, -0.2) is 73.1 Å². The lowest BCUT2D eigenvalue weighted by Gasteiger charge is -2.37. The fraction of sp³-hybridized carbons (Fsp3) is 0.933. The van der Waals surface area contributed by atoms with Crippen molar-refractivity contribution >= 4 is 18.3 Å². The average Bonchev–Trinajstić information content (AvgIpc) is 2.93. The molecule has 1 atom stereocenters. The molecule has 2 N–H and O–H groups in total. The molecule has 124 valence electrons. The first-order valence-electron chi connectivity index (χ1n) is 7.98. The van der Waals surface area contributed by atoms with E-state index in [0.717, 1.165) is 45.7 Å². The lowest BCUT2D eigenvalue weighted by atomic mass is 10.0.